The van der Waals surface area contributed by atoms with E-state index in [1.54, 1.807) is 30.8 Å². The van der Waals surface area contributed by atoms with E-state index in [0.717, 1.165) is 4.90 Å². The Kier molecular flexibility index (Phi) is 6.61. The van der Waals surface area contributed by atoms with Gasteiger partial charge < -0.3 is 10.1 Å². The number of hydrogen-bond donors (Lipinski definition) is 1. The average molecular weight is 495 g/mol. The molecule has 2 amide bonds. The molecule has 35 heavy (non-hydrogen) atoms. The molecule has 10 heteroatoms. The number of benzene rings is 2. The first-order valence-electron chi connectivity index (χ1n) is 10.9. The molecule has 0 saturated heterocycles. The van der Waals surface area contributed by atoms with Crippen LogP contribution in [-0.4, -0.2) is 33.8 Å². The van der Waals surface area contributed by atoms with Crippen LogP contribution in [0.2, 0.25) is 0 Å². The van der Waals surface area contributed by atoms with Crippen LogP contribution in [0.25, 0.3) is 5.69 Å². The molecule has 1 aliphatic heterocycles. The molecule has 1 N–H and O–H groups in total. The molecule has 0 spiro atoms. The van der Waals surface area contributed by atoms with Gasteiger partial charge in [-0.25, -0.2) is 14.4 Å². The van der Waals surface area contributed by atoms with Crippen molar-refractivity contribution >= 4 is 40.8 Å². The van der Waals surface area contributed by atoms with E-state index in [1.165, 1.54) is 28.9 Å². The van der Waals surface area contributed by atoms with Crippen LogP contribution in [0.3, 0.4) is 0 Å². The molecule has 0 bridgehead atoms. The van der Waals surface area contributed by atoms with Gasteiger partial charge in [-0.15, -0.1) is 0 Å². The number of imide groups is 1. The van der Waals surface area contributed by atoms with Crippen LogP contribution in [0, 0.1) is 6.92 Å². The van der Waals surface area contributed by atoms with Gasteiger partial charge in [-0.2, -0.15) is 0 Å². The molecule has 0 radical (unpaired) electrons. The second-order valence-corrected chi connectivity index (χ2v) is 8.26. The third kappa shape index (κ3) is 4.26. The summed E-state index contributed by atoms with van der Waals surface area (Å²) in [6, 6.07) is 14.9. The summed E-state index contributed by atoms with van der Waals surface area (Å²) < 4.78 is 8.18. The van der Waals surface area contributed by atoms with Crippen LogP contribution in [0.5, 0.6) is 0 Å². The van der Waals surface area contributed by atoms with Crippen LogP contribution >= 0.6 is 11.6 Å². The summed E-state index contributed by atoms with van der Waals surface area (Å²) in [4.78, 5) is 52.1. The second-order valence-electron chi connectivity index (χ2n) is 7.88. The Balaban J connectivity index is 1.62. The summed E-state index contributed by atoms with van der Waals surface area (Å²) in [5, 5.41) is 2.46. The Morgan fingerprint density at radius 3 is 2.26 bits per heavy atom. The van der Waals surface area contributed by atoms with Gasteiger partial charge in [0.15, 0.2) is 0 Å². The lowest BCUT2D eigenvalue weighted by atomic mass is 10.2. The Hall–Kier alpha value is -4.11. The molecule has 0 aliphatic carbocycles. The summed E-state index contributed by atoms with van der Waals surface area (Å²) in [6.45, 7) is 3.90. The Morgan fingerprint density at radius 1 is 0.971 bits per heavy atom. The van der Waals surface area contributed by atoms with E-state index in [9.17, 15) is 19.2 Å². The topological polar surface area (TPSA) is 103 Å². The first kappa shape index (κ1) is 24.0. The average Bonchev–Trinajstić information content (AvgIpc) is 3.21. The fourth-order valence-electron chi connectivity index (χ4n) is 3.71. The fraction of sp³-hybridized carbons (Fsp3) is 0.200. The van der Waals surface area contributed by atoms with E-state index < -0.39 is 23.3 Å². The predicted molar refractivity (Wildman–Crippen MR) is 132 cm³/mol. The number of aromatic nitrogens is 2. The van der Waals surface area contributed by atoms with E-state index in [-0.39, 0.29) is 22.1 Å². The predicted octanol–water partition coefficient (Wildman–Crippen LogP) is 3.49. The number of anilines is 2. The number of esters is 1. The van der Waals surface area contributed by atoms with Crippen molar-refractivity contribution in [3.8, 4) is 5.69 Å². The summed E-state index contributed by atoms with van der Waals surface area (Å²) in [5.41, 5.74) is 1.24. The first-order chi connectivity index (χ1) is 16.8. The zero-order chi connectivity index (χ0) is 25.3. The van der Waals surface area contributed by atoms with E-state index in [4.69, 9.17) is 16.3 Å². The van der Waals surface area contributed by atoms with Gasteiger partial charge in [-0.1, -0.05) is 36.7 Å². The van der Waals surface area contributed by atoms with E-state index in [2.05, 4.69) is 5.32 Å². The zero-order valence-electron chi connectivity index (χ0n) is 19.4. The van der Waals surface area contributed by atoms with Crippen molar-refractivity contribution in [2.45, 2.75) is 20.3 Å². The quantitative estimate of drug-likeness (QED) is 0.398. The molecule has 2 aromatic carbocycles. The number of nitrogens with one attached hydrogen (secondary N) is 1. The second kappa shape index (κ2) is 9.63. The maximum atomic E-state index is 13.2. The fourth-order valence-corrected chi connectivity index (χ4v) is 3.92. The van der Waals surface area contributed by atoms with Crippen molar-refractivity contribution < 1.29 is 19.1 Å². The molecule has 2 heterocycles. The molecule has 0 saturated carbocycles. The molecule has 180 valence electrons. The minimum atomic E-state index is -0.738. The van der Waals surface area contributed by atoms with Crippen molar-refractivity contribution in [2.75, 3.05) is 16.8 Å². The molecular formula is C25H23ClN4O5. The zero-order valence-corrected chi connectivity index (χ0v) is 20.1. The van der Waals surface area contributed by atoms with Gasteiger partial charge >= 0.3 is 5.97 Å². The van der Waals surface area contributed by atoms with Crippen molar-refractivity contribution in [3.05, 3.63) is 86.9 Å². The number of halogens is 1. The molecule has 3 aromatic rings. The van der Waals surface area contributed by atoms with Crippen LogP contribution in [0.4, 0.5) is 11.4 Å². The third-order valence-electron chi connectivity index (χ3n) is 5.63. The summed E-state index contributed by atoms with van der Waals surface area (Å²) >= 11 is 6.24. The van der Waals surface area contributed by atoms with Gasteiger partial charge in [0.2, 0.25) is 0 Å². The maximum Gasteiger partial charge on any atom is 0.338 e. The summed E-state index contributed by atoms with van der Waals surface area (Å²) in [7, 11) is 1.71. The smallest absolute Gasteiger partial charge is 0.338 e. The molecular weight excluding hydrogens is 472 g/mol. The Labute approximate surface area is 206 Å². The SMILES string of the molecule is CCCOC(=O)c1ccc(N2C(=O)C(Cl)=C(Nc3c(C)n(C)n(-c4ccccc4)c3=O)C2=O)cc1. The van der Waals surface area contributed by atoms with Crippen molar-refractivity contribution in [3.63, 3.8) is 0 Å². The molecule has 4 rings (SSSR count). The van der Waals surface area contributed by atoms with Crippen molar-refractivity contribution in [1.82, 2.24) is 9.36 Å². The number of rotatable bonds is 7. The monoisotopic (exact) mass is 494 g/mol. The maximum absolute atomic E-state index is 13.2. The minimum Gasteiger partial charge on any atom is -0.462 e. The number of carbonyl (C=O) groups is 3. The standard InChI is InChI=1S/C25H23ClN4O5/c1-4-14-35-25(34)16-10-12-17(13-11-16)29-22(31)19(26)21(23(29)32)27-20-15(2)28(3)30(24(20)33)18-8-6-5-7-9-18/h5-13,27H,4,14H2,1-3H3. The number of hydrogen-bond acceptors (Lipinski definition) is 6. The Morgan fingerprint density at radius 2 is 1.63 bits per heavy atom. The normalized spacial score (nSPS) is 13.5. The van der Waals surface area contributed by atoms with Crippen LogP contribution < -0.4 is 15.8 Å². The number of nitrogens with zero attached hydrogens (tertiary/aromatic N) is 3. The van der Waals surface area contributed by atoms with Gasteiger partial charge in [0.05, 0.1) is 29.2 Å². The van der Waals surface area contributed by atoms with E-state index >= 15 is 0 Å². The van der Waals surface area contributed by atoms with Gasteiger partial charge in [0.1, 0.15) is 16.4 Å². The lowest BCUT2D eigenvalue weighted by Gasteiger charge is -2.15. The van der Waals surface area contributed by atoms with Crippen molar-refractivity contribution in [1.29, 1.82) is 0 Å². The molecule has 9 nitrogen and oxygen atoms in total. The number of ether oxygens (including phenoxy) is 1. The molecule has 1 aromatic heterocycles. The highest BCUT2D eigenvalue weighted by Crippen LogP contribution is 2.30. The van der Waals surface area contributed by atoms with Crippen molar-refractivity contribution in [2.24, 2.45) is 7.05 Å². The van der Waals surface area contributed by atoms with Crippen LogP contribution in [0.1, 0.15) is 29.4 Å². The highest BCUT2D eigenvalue weighted by Gasteiger charge is 2.39. The van der Waals surface area contributed by atoms with Crippen LogP contribution in [-0.2, 0) is 21.4 Å². The molecule has 1 aliphatic rings. The highest BCUT2D eigenvalue weighted by atomic mass is 35.5. The van der Waals surface area contributed by atoms with Crippen LogP contribution in [0.15, 0.2) is 70.1 Å². The highest BCUT2D eigenvalue weighted by molar-refractivity contribution is 6.53. The van der Waals surface area contributed by atoms with Gasteiger partial charge in [-0.3, -0.25) is 19.1 Å². The lowest BCUT2D eigenvalue weighted by Crippen LogP contribution is -2.32. The first-order valence-corrected chi connectivity index (χ1v) is 11.3. The number of para-hydroxylation sites is 1. The minimum absolute atomic E-state index is 0.126. The number of carbonyl (C=O) groups excluding carboxylic acids is 3. The summed E-state index contributed by atoms with van der Waals surface area (Å²) in [6.07, 6.45) is 0.692. The van der Waals surface area contributed by atoms with Gasteiger partial charge in [-0.05, 0) is 49.7 Å². The molecule has 0 fully saturated rings. The third-order valence-corrected chi connectivity index (χ3v) is 5.98. The summed E-state index contributed by atoms with van der Waals surface area (Å²) in [5.74, 6) is -1.95. The lowest BCUT2D eigenvalue weighted by molar-refractivity contribution is -0.120. The van der Waals surface area contributed by atoms with E-state index in [1.807, 2.05) is 25.1 Å². The largest absolute Gasteiger partial charge is 0.462 e. The van der Waals surface area contributed by atoms with E-state index in [0.29, 0.717) is 30.0 Å². The Bertz CT molecular complexity index is 1400. The van der Waals surface area contributed by atoms with Gasteiger partial charge in [0.25, 0.3) is 17.4 Å². The van der Waals surface area contributed by atoms with Gasteiger partial charge in [0, 0.05) is 7.05 Å². The molecule has 0 atom stereocenters. The number of amides is 2. The molecule has 0 unspecified atom stereocenters.